The monoisotopic (exact) mass is 603 g/mol. The molecule has 3 aromatic heterocycles. The molecule has 0 saturated heterocycles. The van der Waals surface area contributed by atoms with Crippen molar-refractivity contribution in [3.05, 3.63) is 162 Å². The predicted octanol–water partition coefficient (Wildman–Crippen LogP) is 12.2. The summed E-state index contributed by atoms with van der Waals surface area (Å²) < 4.78 is 0. The molecule has 0 N–H and O–H groups in total. The SMILES string of the molecule is CC(C)c1ccccc1.CC(C)c1ccccc1.CC(C)c1ccccn1.CC(C)c1ccccn1.CC(C)c1cccnc1. The van der Waals surface area contributed by atoms with Crippen LogP contribution in [0.2, 0.25) is 0 Å². The Kier molecular flexibility index (Phi) is 20.1. The summed E-state index contributed by atoms with van der Waals surface area (Å²) in [5, 5.41) is 0. The maximum Gasteiger partial charge on any atom is 0.0428 e. The fraction of sp³-hybridized carbons (Fsp3) is 0.357. The van der Waals surface area contributed by atoms with Crippen molar-refractivity contribution in [3.63, 3.8) is 0 Å². The molecule has 0 radical (unpaired) electrons. The third-order valence-corrected chi connectivity index (χ3v) is 6.84. The largest absolute Gasteiger partial charge is 0.264 e. The second-order valence-electron chi connectivity index (χ2n) is 12.4. The molecule has 0 spiro atoms. The Labute approximate surface area is 275 Å². The van der Waals surface area contributed by atoms with E-state index in [2.05, 4.69) is 139 Å². The first kappa shape index (κ1) is 38.9. The van der Waals surface area contributed by atoms with Gasteiger partial charge in [-0.3, -0.25) is 15.0 Å². The van der Waals surface area contributed by atoms with Crippen LogP contribution in [0.5, 0.6) is 0 Å². The van der Waals surface area contributed by atoms with Crippen molar-refractivity contribution in [2.24, 2.45) is 0 Å². The van der Waals surface area contributed by atoms with E-state index in [1.54, 1.807) is 6.20 Å². The van der Waals surface area contributed by atoms with E-state index in [1.165, 1.54) is 16.7 Å². The topological polar surface area (TPSA) is 38.7 Å². The summed E-state index contributed by atoms with van der Waals surface area (Å²) >= 11 is 0. The molecule has 45 heavy (non-hydrogen) atoms. The van der Waals surface area contributed by atoms with Gasteiger partial charge in [0, 0.05) is 36.2 Å². The lowest BCUT2D eigenvalue weighted by atomic mass is 10.0. The summed E-state index contributed by atoms with van der Waals surface area (Å²) in [5.41, 5.74) is 6.46. The first-order chi connectivity index (χ1) is 21.5. The van der Waals surface area contributed by atoms with E-state index in [0.717, 1.165) is 11.4 Å². The number of rotatable bonds is 5. The third-order valence-electron chi connectivity index (χ3n) is 6.84. The van der Waals surface area contributed by atoms with Crippen molar-refractivity contribution in [2.45, 2.75) is 98.8 Å². The molecule has 0 amide bonds. The normalized spacial score (nSPS) is 10.1. The van der Waals surface area contributed by atoms with Gasteiger partial charge in [-0.2, -0.15) is 0 Å². The molecule has 0 bridgehead atoms. The number of aromatic nitrogens is 3. The highest BCUT2D eigenvalue weighted by Gasteiger charge is 1.97. The van der Waals surface area contributed by atoms with Gasteiger partial charge in [0.15, 0.2) is 0 Å². The molecule has 0 aliphatic carbocycles. The van der Waals surface area contributed by atoms with E-state index < -0.39 is 0 Å². The molecule has 5 aromatic rings. The lowest BCUT2D eigenvalue weighted by Crippen LogP contribution is -1.88. The van der Waals surface area contributed by atoms with Gasteiger partial charge in [-0.1, -0.05) is 148 Å². The van der Waals surface area contributed by atoms with Crippen molar-refractivity contribution in [2.75, 3.05) is 0 Å². The quantitative estimate of drug-likeness (QED) is 0.201. The summed E-state index contributed by atoms with van der Waals surface area (Å²) in [7, 11) is 0. The molecule has 3 heteroatoms. The van der Waals surface area contributed by atoms with E-state index >= 15 is 0 Å². The Morgan fingerprint density at radius 3 is 0.889 bits per heavy atom. The highest BCUT2D eigenvalue weighted by atomic mass is 14.7. The van der Waals surface area contributed by atoms with Crippen molar-refractivity contribution >= 4 is 0 Å². The highest BCUT2D eigenvalue weighted by Crippen LogP contribution is 2.13. The molecule has 0 atom stereocenters. The smallest absolute Gasteiger partial charge is 0.0428 e. The van der Waals surface area contributed by atoms with Crippen LogP contribution in [0.25, 0.3) is 0 Å². The van der Waals surface area contributed by atoms with Crippen LogP contribution in [-0.2, 0) is 0 Å². The first-order valence-corrected chi connectivity index (χ1v) is 16.3. The average Bonchev–Trinajstić information content (AvgIpc) is 3.08. The van der Waals surface area contributed by atoms with Gasteiger partial charge in [0.25, 0.3) is 0 Å². The van der Waals surface area contributed by atoms with E-state index in [0.29, 0.717) is 29.6 Å². The molecule has 3 heterocycles. The van der Waals surface area contributed by atoms with Gasteiger partial charge >= 0.3 is 0 Å². The minimum Gasteiger partial charge on any atom is -0.264 e. The van der Waals surface area contributed by atoms with E-state index in [9.17, 15) is 0 Å². The summed E-state index contributed by atoms with van der Waals surface area (Å²) in [6.07, 6.45) is 7.36. The van der Waals surface area contributed by atoms with Crippen molar-refractivity contribution in [1.29, 1.82) is 0 Å². The fourth-order valence-corrected chi connectivity index (χ4v) is 3.83. The number of pyridine rings is 3. The molecule has 0 aliphatic rings. The molecular formula is C42H57N3. The number of benzene rings is 2. The van der Waals surface area contributed by atoms with Crippen molar-refractivity contribution < 1.29 is 0 Å². The van der Waals surface area contributed by atoms with Crippen LogP contribution in [0.15, 0.2) is 134 Å². The molecule has 5 rings (SSSR count). The van der Waals surface area contributed by atoms with Crippen LogP contribution >= 0.6 is 0 Å². The van der Waals surface area contributed by atoms with Crippen LogP contribution in [-0.4, -0.2) is 15.0 Å². The Morgan fingerprint density at radius 1 is 0.333 bits per heavy atom. The molecule has 3 nitrogen and oxygen atoms in total. The van der Waals surface area contributed by atoms with Gasteiger partial charge in [-0.05, 0) is 76.6 Å². The Bertz CT molecular complexity index is 1080. The summed E-state index contributed by atoms with van der Waals surface area (Å²) in [4.78, 5) is 12.4. The number of hydrogen-bond donors (Lipinski definition) is 0. The van der Waals surface area contributed by atoms with Gasteiger partial charge in [-0.15, -0.1) is 0 Å². The van der Waals surface area contributed by atoms with Gasteiger partial charge in [-0.25, -0.2) is 0 Å². The molecule has 240 valence electrons. The molecular weight excluding hydrogens is 546 g/mol. The van der Waals surface area contributed by atoms with Crippen LogP contribution < -0.4 is 0 Å². The first-order valence-electron chi connectivity index (χ1n) is 16.3. The minimum absolute atomic E-state index is 0.547. The van der Waals surface area contributed by atoms with Gasteiger partial charge in [0.2, 0.25) is 0 Å². The number of nitrogens with zero attached hydrogens (tertiary/aromatic N) is 3. The Morgan fingerprint density at radius 2 is 0.689 bits per heavy atom. The lowest BCUT2D eigenvalue weighted by Gasteiger charge is -2.01. The van der Waals surface area contributed by atoms with Crippen LogP contribution in [0.4, 0.5) is 0 Å². The molecule has 0 fully saturated rings. The minimum atomic E-state index is 0.547. The maximum atomic E-state index is 4.18. The fourth-order valence-electron chi connectivity index (χ4n) is 3.83. The van der Waals surface area contributed by atoms with Crippen molar-refractivity contribution in [3.8, 4) is 0 Å². The van der Waals surface area contributed by atoms with Gasteiger partial charge in [0.1, 0.15) is 0 Å². The summed E-state index contributed by atoms with van der Waals surface area (Å²) in [5.74, 6) is 3.01. The van der Waals surface area contributed by atoms with Crippen LogP contribution in [0.1, 0.15) is 127 Å². The van der Waals surface area contributed by atoms with Gasteiger partial charge in [0.05, 0.1) is 0 Å². The van der Waals surface area contributed by atoms with Crippen molar-refractivity contribution in [1.82, 2.24) is 15.0 Å². The number of hydrogen-bond acceptors (Lipinski definition) is 3. The lowest BCUT2D eigenvalue weighted by molar-refractivity contribution is 0.823. The predicted molar refractivity (Wildman–Crippen MR) is 196 cm³/mol. The zero-order valence-electron chi connectivity index (χ0n) is 29.4. The standard InChI is InChI=1S/2C9H12.3C8H11N/c2*1-8(2)9-6-4-3-5-7-9;1-7(2)8-4-3-5-9-6-8;2*1-7(2)8-5-3-4-6-9-8/h2*3-8H,1-2H3;3*3-7H,1-2H3. The second-order valence-corrected chi connectivity index (χ2v) is 12.4. The van der Waals surface area contributed by atoms with Crippen LogP contribution in [0, 0.1) is 0 Å². The second kappa shape index (κ2) is 23.3. The van der Waals surface area contributed by atoms with Gasteiger partial charge < -0.3 is 0 Å². The zero-order chi connectivity index (χ0) is 33.5. The third kappa shape index (κ3) is 18.3. The van der Waals surface area contributed by atoms with E-state index in [4.69, 9.17) is 0 Å². The highest BCUT2D eigenvalue weighted by molar-refractivity contribution is 5.18. The maximum absolute atomic E-state index is 4.18. The van der Waals surface area contributed by atoms with E-state index in [1.807, 2.05) is 73.2 Å². The molecule has 0 saturated carbocycles. The average molecular weight is 604 g/mol. The zero-order valence-corrected chi connectivity index (χ0v) is 29.4. The summed E-state index contributed by atoms with van der Waals surface area (Å²) in [6, 6.07) is 37.1. The molecule has 0 unspecified atom stereocenters. The Hall–Kier alpha value is -4.11. The Balaban J connectivity index is 0.000000281. The summed E-state index contributed by atoms with van der Waals surface area (Å²) in [6.45, 7) is 21.7. The van der Waals surface area contributed by atoms with E-state index in [-0.39, 0.29) is 0 Å². The molecule has 0 aliphatic heterocycles. The molecule has 2 aromatic carbocycles. The van der Waals surface area contributed by atoms with Crippen LogP contribution in [0.3, 0.4) is 0 Å².